The van der Waals surface area contributed by atoms with Crippen molar-refractivity contribution in [1.29, 1.82) is 0 Å². The van der Waals surface area contributed by atoms with Gasteiger partial charge >= 0.3 is 18.0 Å². The molecule has 0 spiro atoms. The van der Waals surface area contributed by atoms with Crippen molar-refractivity contribution in [3.63, 3.8) is 0 Å². The van der Waals surface area contributed by atoms with E-state index in [-0.39, 0.29) is 12.8 Å². The highest BCUT2D eigenvalue weighted by molar-refractivity contribution is 5.83. The van der Waals surface area contributed by atoms with E-state index < -0.39 is 29.6 Å². The predicted molar refractivity (Wildman–Crippen MR) is 68.7 cm³/mol. The van der Waals surface area contributed by atoms with Gasteiger partial charge in [0.25, 0.3) is 0 Å². The topological polar surface area (TPSA) is 105 Å². The molecule has 3 N–H and O–H groups in total. The van der Waals surface area contributed by atoms with Gasteiger partial charge < -0.3 is 20.5 Å². The second kappa shape index (κ2) is 7.60. The molecule has 0 bridgehead atoms. The first-order valence-corrected chi connectivity index (χ1v) is 6.14. The van der Waals surface area contributed by atoms with E-state index in [0.717, 1.165) is 0 Å². The van der Waals surface area contributed by atoms with Gasteiger partial charge in [-0.1, -0.05) is 0 Å². The summed E-state index contributed by atoms with van der Waals surface area (Å²) in [6.45, 7) is 7.30. The minimum atomic E-state index is -1.19. The molecule has 0 aliphatic rings. The molecule has 0 aliphatic heterocycles. The van der Waals surface area contributed by atoms with Crippen LogP contribution in [0.3, 0.4) is 0 Å². The van der Waals surface area contributed by atoms with Crippen molar-refractivity contribution in [2.75, 3.05) is 6.54 Å². The van der Waals surface area contributed by atoms with Crippen LogP contribution in [0.15, 0.2) is 0 Å². The van der Waals surface area contributed by atoms with Crippen LogP contribution in [0.25, 0.3) is 0 Å². The lowest BCUT2D eigenvalue weighted by Gasteiger charge is -2.20. The zero-order chi connectivity index (χ0) is 15.1. The van der Waals surface area contributed by atoms with Gasteiger partial charge in [-0.15, -0.1) is 0 Å². The number of carbonyl (C=O) groups is 3. The third-order valence-corrected chi connectivity index (χ3v) is 2.00. The van der Waals surface area contributed by atoms with Crippen LogP contribution in [0.5, 0.6) is 0 Å². The molecular weight excluding hydrogens is 252 g/mol. The zero-order valence-electron chi connectivity index (χ0n) is 11.8. The Morgan fingerprint density at radius 2 is 1.84 bits per heavy atom. The summed E-state index contributed by atoms with van der Waals surface area (Å²) in [4.78, 5) is 33.6. The third-order valence-electron chi connectivity index (χ3n) is 2.00. The number of hydrogen-bond acceptors (Lipinski definition) is 4. The number of nitrogens with one attached hydrogen (secondary N) is 2. The monoisotopic (exact) mass is 274 g/mol. The molecule has 0 fully saturated rings. The zero-order valence-corrected chi connectivity index (χ0v) is 11.8. The van der Waals surface area contributed by atoms with E-state index in [1.165, 1.54) is 0 Å². The molecule has 0 aromatic carbocycles. The number of carboxylic acid groups (broad SMARTS) is 1. The standard InChI is InChI=1S/C12H22N2O5/c1-5-13-11(18)14-8(10(16)17)6-7-9(15)19-12(2,3)4/h8H,5-7H2,1-4H3,(H,16,17)(H2,13,14,18). The Hall–Kier alpha value is -1.79. The molecule has 110 valence electrons. The minimum Gasteiger partial charge on any atom is -0.480 e. The lowest BCUT2D eigenvalue weighted by molar-refractivity contribution is -0.155. The van der Waals surface area contributed by atoms with E-state index in [4.69, 9.17) is 9.84 Å². The molecule has 0 saturated heterocycles. The highest BCUT2D eigenvalue weighted by Crippen LogP contribution is 2.10. The Kier molecular flexibility index (Phi) is 6.89. The number of rotatable bonds is 6. The van der Waals surface area contributed by atoms with Crippen molar-refractivity contribution >= 4 is 18.0 Å². The molecule has 19 heavy (non-hydrogen) atoms. The summed E-state index contributed by atoms with van der Waals surface area (Å²) >= 11 is 0. The molecule has 0 aromatic rings. The third kappa shape index (κ3) is 8.87. The number of aliphatic carboxylic acids is 1. The molecule has 0 rings (SSSR count). The second-order valence-corrected chi connectivity index (χ2v) is 5.02. The van der Waals surface area contributed by atoms with Gasteiger partial charge in [-0.2, -0.15) is 0 Å². The summed E-state index contributed by atoms with van der Waals surface area (Å²) in [6.07, 6.45) is -0.0813. The average Bonchev–Trinajstić information content (AvgIpc) is 2.21. The van der Waals surface area contributed by atoms with E-state index in [1.807, 2.05) is 0 Å². The highest BCUT2D eigenvalue weighted by atomic mass is 16.6. The molecule has 2 amide bonds. The Morgan fingerprint density at radius 3 is 2.26 bits per heavy atom. The summed E-state index contributed by atoms with van der Waals surface area (Å²) in [5.74, 6) is -1.67. The average molecular weight is 274 g/mol. The van der Waals surface area contributed by atoms with E-state index >= 15 is 0 Å². The van der Waals surface area contributed by atoms with Crippen molar-refractivity contribution in [3.8, 4) is 0 Å². The van der Waals surface area contributed by atoms with Gasteiger partial charge in [-0.05, 0) is 34.1 Å². The van der Waals surface area contributed by atoms with Crippen LogP contribution in [0.4, 0.5) is 4.79 Å². The fourth-order valence-corrected chi connectivity index (χ4v) is 1.28. The molecule has 0 heterocycles. The normalized spacial score (nSPS) is 12.4. The van der Waals surface area contributed by atoms with Crippen molar-refractivity contribution in [2.24, 2.45) is 0 Å². The van der Waals surface area contributed by atoms with Gasteiger partial charge in [-0.25, -0.2) is 9.59 Å². The summed E-state index contributed by atoms with van der Waals surface area (Å²) < 4.78 is 5.06. The molecule has 7 heteroatoms. The van der Waals surface area contributed by atoms with Crippen molar-refractivity contribution in [1.82, 2.24) is 10.6 Å². The van der Waals surface area contributed by atoms with Gasteiger partial charge in [-0.3, -0.25) is 4.79 Å². The Labute approximate surface area is 112 Å². The second-order valence-electron chi connectivity index (χ2n) is 5.02. The van der Waals surface area contributed by atoms with Gasteiger partial charge in [0.05, 0.1) is 0 Å². The SMILES string of the molecule is CCNC(=O)NC(CCC(=O)OC(C)(C)C)C(=O)O. The number of carbonyl (C=O) groups excluding carboxylic acids is 2. The van der Waals surface area contributed by atoms with Crippen LogP contribution in [-0.4, -0.2) is 41.3 Å². The maximum absolute atomic E-state index is 11.5. The van der Waals surface area contributed by atoms with Crippen LogP contribution in [0.2, 0.25) is 0 Å². The van der Waals surface area contributed by atoms with Crippen molar-refractivity contribution in [3.05, 3.63) is 0 Å². The largest absolute Gasteiger partial charge is 0.480 e. The van der Waals surface area contributed by atoms with Crippen LogP contribution in [0.1, 0.15) is 40.5 Å². The van der Waals surface area contributed by atoms with Crippen molar-refractivity contribution in [2.45, 2.75) is 52.2 Å². The van der Waals surface area contributed by atoms with Crippen molar-refractivity contribution < 1.29 is 24.2 Å². The van der Waals surface area contributed by atoms with Gasteiger partial charge in [0.1, 0.15) is 11.6 Å². The minimum absolute atomic E-state index is 0.0125. The van der Waals surface area contributed by atoms with Gasteiger partial charge in [0, 0.05) is 13.0 Å². The number of ether oxygens (including phenoxy) is 1. The van der Waals surface area contributed by atoms with Crippen LogP contribution in [0, 0.1) is 0 Å². The molecule has 1 atom stereocenters. The molecule has 7 nitrogen and oxygen atoms in total. The van der Waals surface area contributed by atoms with E-state index in [1.54, 1.807) is 27.7 Å². The molecule has 0 radical (unpaired) electrons. The summed E-state index contributed by atoms with van der Waals surface area (Å²) in [5.41, 5.74) is -0.608. The van der Waals surface area contributed by atoms with E-state index in [9.17, 15) is 14.4 Å². The molecular formula is C12H22N2O5. The smallest absolute Gasteiger partial charge is 0.326 e. The quantitative estimate of drug-likeness (QED) is 0.624. The van der Waals surface area contributed by atoms with Gasteiger partial charge in [0.15, 0.2) is 0 Å². The summed E-state index contributed by atoms with van der Waals surface area (Å²) in [6, 6.07) is -1.68. The Bertz CT molecular complexity index is 336. The first kappa shape index (κ1) is 17.2. The summed E-state index contributed by atoms with van der Waals surface area (Å²) in [5, 5.41) is 13.6. The van der Waals surface area contributed by atoms with Gasteiger partial charge in [0.2, 0.25) is 0 Å². The highest BCUT2D eigenvalue weighted by Gasteiger charge is 2.23. The lowest BCUT2D eigenvalue weighted by atomic mass is 10.1. The number of esters is 1. The number of hydrogen-bond donors (Lipinski definition) is 3. The number of amides is 2. The fourth-order valence-electron chi connectivity index (χ4n) is 1.28. The van der Waals surface area contributed by atoms with Crippen LogP contribution >= 0.6 is 0 Å². The van der Waals surface area contributed by atoms with E-state index in [2.05, 4.69) is 10.6 Å². The maximum atomic E-state index is 11.5. The molecule has 0 aliphatic carbocycles. The molecule has 0 saturated carbocycles. The predicted octanol–water partition coefficient (Wildman–Crippen LogP) is 0.881. The lowest BCUT2D eigenvalue weighted by Crippen LogP contribution is -2.46. The first-order valence-electron chi connectivity index (χ1n) is 6.14. The van der Waals surface area contributed by atoms with Crippen LogP contribution < -0.4 is 10.6 Å². The van der Waals surface area contributed by atoms with Crippen LogP contribution in [-0.2, 0) is 14.3 Å². The fraction of sp³-hybridized carbons (Fsp3) is 0.750. The van der Waals surface area contributed by atoms with E-state index in [0.29, 0.717) is 6.54 Å². The maximum Gasteiger partial charge on any atom is 0.326 e. The Morgan fingerprint density at radius 1 is 1.26 bits per heavy atom. The first-order chi connectivity index (χ1) is 8.65. The Balaban J connectivity index is 4.26. The number of carboxylic acids is 1. The molecule has 0 aromatic heterocycles. The number of urea groups is 1. The molecule has 1 unspecified atom stereocenters. The summed E-state index contributed by atoms with van der Waals surface area (Å²) in [7, 11) is 0.